The van der Waals surface area contributed by atoms with Gasteiger partial charge in [-0.25, -0.2) is 9.97 Å². The van der Waals surface area contributed by atoms with E-state index in [-0.39, 0.29) is 5.41 Å². The summed E-state index contributed by atoms with van der Waals surface area (Å²) in [6, 6.07) is 3.87. The van der Waals surface area contributed by atoms with Crippen molar-refractivity contribution in [2.75, 3.05) is 5.32 Å². The van der Waals surface area contributed by atoms with Crippen LogP contribution in [0, 0.1) is 0 Å². The van der Waals surface area contributed by atoms with Crippen molar-refractivity contribution in [1.82, 2.24) is 19.7 Å². The Labute approximate surface area is 107 Å². The molecule has 0 aliphatic heterocycles. The van der Waals surface area contributed by atoms with E-state index >= 15 is 0 Å². The van der Waals surface area contributed by atoms with E-state index in [0.717, 1.165) is 17.3 Å². The molecule has 0 bridgehead atoms. The molecule has 2 aromatic heterocycles. The summed E-state index contributed by atoms with van der Waals surface area (Å²) in [6.07, 6.45) is 3.58. The summed E-state index contributed by atoms with van der Waals surface area (Å²) in [5.74, 6) is 1.69. The lowest BCUT2D eigenvalue weighted by Crippen LogP contribution is -2.17. The molecule has 0 aliphatic rings. The van der Waals surface area contributed by atoms with Crippen molar-refractivity contribution in [3.05, 3.63) is 36.0 Å². The molecule has 0 atom stereocenters. The average molecular weight is 245 g/mol. The van der Waals surface area contributed by atoms with Crippen molar-refractivity contribution in [3.63, 3.8) is 0 Å². The van der Waals surface area contributed by atoms with Crippen LogP contribution in [0.25, 0.3) is 0 Å². The first-order valence-electron chi connectivity index (χ1n) is 6.01. The van der Waals surface area contributed by atoms with E-state index in [0.29, 0.717) is 6.54 Å². The monoisotopic (exact) mass is 245 g/mol. The quantitative estimate of drug-likeness (QED) is 0.900. The number of rotatable bonds is 3. The van der Waals surface area contributed by atoms with Crippen molar-refractivity contribution in [2.45, 2.75) is 32.7 Å². The van der Waals surface area contributed by atoms with Gasteiger partial charge in [0, 0.05) is 24.9 Å². The van der Waals surface area contributed by atoms with Gasteiger partial charge in [0.1, 0.15) is 11.6 Å². The van der Waals surface area contributed by atoms with Crippen molar-refractivity contribution in [1.29, 1.82) is 0 Å². The van der Waals surface area contributed by atoms with Crippen LogP contribution in [-0.4, -0.2) is 19.7 Å². The Morgan fingerprint density at radius 2 is 2.00 bits per heavy atom. The van der Waals surface area contributed by atoms with Crippen LogP contribution in [-0.2, 0) is 19.0 Å². The van der Waals surface area contributed by atoms with E-state index in [1.807, 2.05) is 23.9 Å². The molecular formula is C13H19N5. The Hall–Kier alpha value is -1.91. The second-order valence-corrected chi connectivity index (χ2v) is 5.32. The topological polar surface area (TPSA) is 55.6 Å². The van der Waals surface area contributed by atoms with Gasteiger partial charge in [-0.2, -0.15) is 5.10 Å². The maximum atomic E-state index is 4.52. The fourth-order valence-corrected chi connectivity index (χ4v) is 1.57. The summed E-state index contributed by atoms with van der Waals surface area (Å²) >= 11 is 0. The highest BCUT2D eigenvalue weighted by Gasteiger charge is 2.17. The third kappa shape index (κ3) is 2.85. The van der Waals surface area contributed by atoms with Gasteiger partial charge in [0.25, 0.3) is 0 Å². The number of nitrogens with zero attached hydrogens (tertiary/aromatic N) is 4. The van der Waals surface area contributed by atoms with Crippen molar-refractivity contribution >= 4 is 5.82 Å². The smallest absolute Gasteiger partial charge is 0.135 e. The molecule has 0 amide bonds. The molecule has 1 N–H and O–H groups in total. The summed E-state index contributed by atoms with van der Waals surface area (Å²) in [5, 5.41) is 7.42. The van der Waals surface area contributed by atoms with Crippen molar-refractivity contribution in [3.8, 4) is 0 Å². The van der Waals surface area contributed by atoms with Crippen LogP contribution >= 0.6 is 0 Å². The molecule has 2 rings (SSSR count). The molecule has 0 saturated carbocycles. The Morgan fingerprint density at radius 1 is 1.22 bits per heavy atom. The van der Waals surface area contributed by atoms with Crippen molar-refractivity contribution in [2.24, 2.45) is 7.05 Å². The van der Waals surface area contributed by atoms with Crippen LogP contribution in [0.2, 0.25) is 0 Å². The first-order valence-corrected chi connectivity index (χ1v) is 6.01. The van der Waals surface area contributed by atoms with E-state index in [1.165, 1.54) is 0 Å². The Kier molecular flexibility index (Phi) is 3.32. The van der Waals surface area contributed by atoms with Crippen molar-refractivity contribution < 1.29 is 0 Å². The zero-order chi connectivity index (χ0) is 13.2. The molecule has 0 aliphatic carbocycles. The fourth-order valence-electron chi connectivity index (χ4n) is 1.57. The molecule has 0 saturated heterocycles. The molecule has 0 unspecified atom stereocenters. The van der Waals surface area contributed by atoms with E-state index in [4.69, 9.17) is 0 Å². The van der Waals surface area contributed by atoms with Gasteiger partial charge < -0.3 is 5.32 Å². The van der Waals surface area contributed by atoms with Crippen LogP contribution < -0.4 is 5.32 Å². The van der Waals surface area contributed by atoms with Gasteiger partial charge in [-0.3, -0.25) is 4.68 Å². The summed E-state index contributed by atoms with van der Waals surface area (Å²) in [4.78, 5) is 8.83. The van der Waals surface area contributed by atoms with Crippen LogP contribution in [0.1, 0.15) is 32.3 Å². The van der Waals surface area contributed by atoms with E-state index in [9.17, 15) is 0 Å². The van der Waals surface area contributed by atoms with Gasteiger partial charge in [0.05, 0.1) is 12.2 Å². The van der Waals surface area contributed by atoms with Crippen LogP contribution in [0.15, 0.2) is 24.5 Å². The van der Waals surface area contributed by atoms with Gasteiger partial charge in [-0.15, -0.1) is 0 Å². The zero-order valence-electron chi connectivity index (χ0n) is 11.3. The van der Waals surface area contributed by atoms with Gasteiger partial charge in [-0.1, -0.05) is 20.8 Å². The van der Waals surface area contributed by atoms with Gasteiger partial charge in [0.2, 0.25) is 0 Å². The maximum Gasteiger partial charge on any atom is 0.135 e. The lowest BCUT2D eigenvalue weighted by Gasteiger charge is -2.17. The molecule has 0 fully saturated rings. The summed E-state index contributed by atoms with van der Waals surface area (Å²) in [7, 11) is 1.93. The predicted octanol–water partition coefficient (Wildman–Crippen LogP) is 2.12. The first-order chi connectivity index (χ1) is 8.47. The molecule has 5 heteroatoms. The molecule has 5 nitrogen and oxygen atoms in total. The number of aryl methyl sites for hydroxylation is 1. The Bertz CT molecular complexity index is 524. The van der Waals surface area contributed by atoms with E-state index in [2.05, 4.69) is 41.2 Å². The first kappa shape index (κ1) is 12.5. The summed E-state index contributed by atoms with van der Waals surface area (Å²) in [5.41, 5.74) is 1.08. The lowest BCUT2D eigenvalue weighted by atomic mass is 9.96. The number of aromatic nitrogens is 4. The third-order valence-electron chi connectivity index (χ3n) is 2.70. The fraction of sp³-hybridized carbons (Fsp3) is 0.462. The molecule has 96 valence electrons. The highest BCUT2D eigenvalue weighted by atomic mass is 15.3. The van der Waals surface area contributed by atoms with E-state index < -0.39 is 0 Å². The van der Waals surface area contributed by atoms with Gasteiger partial charge in [0.15, 0.2) is 0 Å². The number of anilines is 1. The minimum absolute atomic E-state index is 0.0375. The van der Waals surface area contributed by atoms with E-state index in [1.54, 1.807) is 12.4 Å². The maximum absolute atomic E-state index is 4.52. The second kappa shape index (κ2) is 4.76. The third-order valence-corrected chi connectivity index (χ3v) is 2.70. The minimum Gasteiger partial charge on any atom is -0.364 e. The van der Waals surface area contributed by atoms with Crippen LogP contribution in [0.4, 0.5) is 5.82 Å². The molecule has 18 heavy (non-hydrogen) atoms. The standard InChI is InChI=1S/C13H19N5/c1-13(2,3)12-14-7-6-11(17-12)15-9-10-5-8-16-18(10)4/h5-8H,9H2,1-4H3,(H,14,15,17). The Balaban J connectivity index is 2.09. The molecular weight excluding hydrogens is 226 g/mol. The minimum atomic E-state index is -0.0375. The predicted molar refractivity (Wildman–Crippen MR) is 71.3 cm³/mol. The lowest BCUT2D eigenvalue weighted by molar-refractivity contribution is 0.545. The number of nitrogens with one attached hydrogen (secondary N) is 1. The molecule has 0 radical (unpaired) electrons. The zero-order valence-corrected chi connectivity index (χ0v) is 11.3. The van der Waals surface area contributed by atoms with Gasteiger partial charge in [-0.05, 0) is 12.1 Å². The second-order valence-electron chi connectivity index (χ2n) is 5.32. The largest absolute Gasteiger partial charge is 0.364 e. The number of hydrogen-bond acceptors (Lipinski definition) is 4. The normalized spacial score (nSPS) is 11.6. The van der Waals surface area contributed by atoms with Gasteiger partial charge >= 0.3 is 0 Å². The Morgan fingerprint density at radius 3 is 2.61 bits per heavy atom. The molecule has 2 heterocycles. The highest BCUT2D eigenvalue weighted by Crippen LogP contribution is 2.18. The summed E-state index contributed by atoms with van der Waals surface area (Å²) < 4.78 is 1.85. The molecule has 0 spiro atoms. The molecule has 2 aromatic rings. The average Bonchev–Trinajstić information content (AvgIpc) is 2.72. The van der Waals surface area contributed by atoms with Crippen LogP contribution in [0.3, 0.4) is 0 Å². The SMILES string of the molecule is Cn1nccc1CNc1ccnc(C(C)(C)C)n1. The highest BCUT2D eigenvalue weighted by molar-refractivity contribution is 5.34. The van der Waals surface area contributed by atoms with Crippen LogP contribution in [0.5, 0.6) is 0 Å². The summed E-state index contributed by atoms with van der Waals surface area (Å²) in [6.45, 7) is 7.02. The number of hydrogen-bond donors (Lipinski definition) is 1. The molecule has 0 aromatic carbocycles.